The van der Waals surface area contributed by atoms with Gasteiger partial charge in [0.1, 0.15) is 0 Å². The number of nitrogens with zero attached hydrogens (tertiary/aromatic N) is 1. The van der Waals surface area contributed by atoms with E-state index in [0.29, 0.717) is 0 Å². The normalized spacial score (nSPS) is 9.73. The molecule has 0 unspecified atom stereocenters. The van der Waals surface area contributed by atoms with E-state index in [9.17, 15) is 9.59 Å². The van der Waals surface area contributed by atoms with Gasteiger partial charge in [-0.1, -0.05) is 0 Å². The topological polar surface area (TPSA) is 59.1 Å². The van der Waals surface area contributed by atoms with Gasteiger partial charge in [-0.25, -0.2) is 0 Å². The number of carbonyl (C=O) groups is 2. The Hall–Kier alpha value is -1.71. The molecule has 80 valence electrons. The summed E-state index contributed by atoms with van der Waals surface area (Å²) in [7, 11) is 0. The molecule has 4 heteroatoms. The van der Waals surface area contributed by atoms with Gasteiger partial charge in [0.05, 0.1) is 13.0 Å². The standard InChI is InChI=1S/C11H14N2O2/c1-8-3-4-12-10(5-8)6-11(15)7-13-9(2)14/h3-5H,6-7H2,1-2H3,(H,13,14). The number of hydrogen-bond donors (Lipinski definition) is 1. The van der Waals surface area contributed by atoms with E-state index < -0.39 is 0 Å². The summed E-state index contributed by atoms with van der Waals surface area (Å²) < 4.78 is 0. The quantitative estimate of drug-likeness (QED) is 0.786. The van der Waals surface area contributed by atoms with Crippen molar-refractivity contribution >= 4 is 11.7 Å². The van der Waals surface area contributed by atoms with Crippen LogP contribution in [0.5, 0.6) is 0 Å². The van der Waals surface area contributed by atoms with Gasteiger partial charge in [0.2, 0.25) is 5.91 Å². The van der Waals surface area contributed by atoms with Crippen molar-refractivity contribution in [1.29, 1.82) is 0 Å². The third-order valence-electron chi connectivity index (χ3n) is 1.88. The lowest BCUT2D eigenvalue weighted by molar-refractivity contribution is -0.123. The smallest absolute Gasteiger partial charge is 0.217 e. The van der Waals surface area contributed by atoms with E-state index in [1.807, 2.05) is 19.1 Å². The molecule has 1 amide bonds. The van der Waals surface area contributed by atoms with Crippen LogP contribution in [0.2, 0.25) is 0 Å². The number of ketones is 1. The molecule has 0 bridgehead atoms. The zero-order valence-electron chi connectivity index (χ0n) is 8.91. The van der Waals surface area contributed by atoms with E-state index in [-0.39, 0.29) is 24.7 Å². The molecule has 1 aromatic rings. The number of Topliss-reactive ketones (excluding diaryl/α,β-unsaturated/α-hetero) is 1. The number of rotatable bonds is 4. The molecule has 0 radical (unpaired) electrons. The maximum absolute atomic E-state index is 11.4. The second-order valence-corrected chi connectivity index (χ2v) is 3.45. The number of aromatic nitrogens is 1. The van der Waals surface area contributed by atoms with Crippen LogP contribution in [0.15, 0.2) is 18.3 Å². The predicted octanol–water partition coefficient (Wildman–Crippen LogP) is 0.638. The van der Waals surface area contributed by atoms with E-state index in [1.54, 1.807) is 6.20 Å². The molecule has 0 atom stereocenters. The fraction of sp³-hybridized carbons (Fsp3) is 0.364. The Kier molecular flexibility index (Phi) is 3.97. The molecule has 0 aliphatic rings. The third-order valence-corrected chi connectivity index (χ3v) is 1.88. The second-order valence-electron chi connectivity index (χ2n) is 3.45. The Morgan fingerprint density at radius 3 is 2.80 bits per heavy atom. The molecule has 1 aromatic heterocycles. The highest BCUT2D eigenvalue weighted by Gasteiger charge is 2.05. The first-order valence-corrected chi connectivity index (χ1v) is 4.75. The minimum absolute atomic E-state index is 0.0386. The summed E-state index contributed by atoms with van der Waals surface area (Å²) in [6, 6.07) is 3.74. The van der Waals surface area contributed by atoms with Crippen molar-refractivity contribution in [2.45, 2.75) is 20.3 Å². The number of carbonyl (C=O) groups excluding carboxylic acids is 2. The van der Waals surface area contributed by atoms with Crippen LogP contribution in [-0.2, 0) is 16.0 Å². The molecule has 0 saturated carbocycles. The van der Waals surface area contributed by atoms with Crippen LogP contribution in [0.4, 0.5) is 0 Å². The molecule has 0 aliphatic carbocycles. The summed E-state index contributed by atoms with van der Waals surface area (Å²) in [5.74, 6) is -0.233. The molecular weight excluding hydrogens is 192 g/mol. The number of hydrogen-bond acceptors (Lipinski definition) is 3. The molecule has 15 heavy (non-hydrogen) atoms. The van der Waals surface area contributed by atoms with E-state index in [4.69, 9.17) is 0 Å². The minimum Gasteiger partial charge on any atom is -0.349 e. The van der Waals surface area contributed by atoms with Gasteiger partial charge in [0.25, 0.3) is 0 Å². The molecule has 0 saturated heterocycles. The Labute approximate surface area is 88.7 Å². The molecule has 4 nitrogen and oxygen atoms in total. The third kappa shape index (κ3) is 4.35. The van der Waals surface area contributed by atoms with E-state index >= 15 is 0 Å². The summed E-state index contributed by atoms with van der Waals surface area (Å²) in [5.41, 5.74) is 1.82. The molecule has 1 N–H and O–H groups in total. The first-order chi connectivity index (χ1) is 7.08. The Morgan fingerprint density at radius 2 is 2.20 bits per heavy atom. The zero-order chi connectivity index (χ0) is 11.3. The van der Waals surface area contributed by atoms with Gasteiger partial charge < -0.3 is 5.32 Å². The monoisotopic (exact) mass is 206 g/mol. The van der Waals surface area contributed by atoms with Crippen molar-refractivity contribution in [3.63, 3.8) is 0 Å². The lowest BCUT2D eigenvalue weighted by Gasteiger charge is -2.02. The molecule has 0 aliphatic heterocycles. The highest BCUT2D eigenvalue weighted by molar-refractivity contribution is 5.86. The summed E-state index contributed by atoms with van der Waals surface area (Å²) in [6.07, 6.45) is 1.94. The lowest BCUT2D eigenvalue weighted by Crippen LogP contribution is -2.28. The highest BCUT2D eigenvalue weighted by Crippen LogP contribution is 2.00. The van der Waals surface area contributed by atoms with Gasteiger partial charge in [-0.3, -0.25) is 14.6 Å². The predicted molar refractivity (Wildman–Crippen MR) is 56.4 cm³/mol. The summed E-state index contributed by atoms with van der Waals surface area (Å²) in [5, 5.41) is 2.46. The Morgan fingerprint density at radius 1 is 1.47 bits per heavy atom. The zero-order valence-corrected chi connectivity index (χ0v) is 8.91. The fourth-order valence-electron chi connectivity index (χ4n) is 1.18. The summed E-state index contributed by atoms with van der Waals surface area (Å²) >= 11 is 0. The van der Waals surface area contributed by atoms with Crippen LogP contribution in [-0.4, -0.2) is 23.2 Å². The average molecular weight is 206 g/mol. The lowest BCUT2D eigenvalue weighted by atomic mass is 10.1. The van der Waals surface area contributed by atoms with Crippen LogP contribution in [0.3, 0.4) is 0 Å². The van der Waals surface area contributed by atoms with Crippen LogP contribution < -0.4 is 5.32 Å². The van der Waals surface area contributed by atoms with Crippen molar-refractivity contribution in [1.82, 2.24) is 10.3 Å². The number of pyridine rings is 1. The van der Waals surface area contributed by atoms with Gasteiger partial charge in [-0.15, -0.1) is 0 Å². The first-order valence-electron chi connectivity index (χ1n) is 4.75. The number of aryl methyl sites for hydroxylation is 1. The summed E-state index contributed by atoms with van der Waals surface area (Å²) in [6.45, 7) is 3.41. The van der Waals surface area contributed by atoms with Crippen molar-refractivity contribution in [3.05, 3.63) is 29.6 Å². The number of amides is 1. The molecule has 1 heterocycles. The maximum Gasteiger partial charge on any atom is 0.217 e. The molecule has 0 fully saturated rings. The Bertz CT molecular complexity index is 375. The minimum atomic E-state index is -0.194. The number of nitrogens with one attached hydrogen (secondary N) is 1. The molecule has 1 rings (SSSR count). The van der Waals surface area contributed by atoms with Crippen LogP contribution in [0.1, 0.15) is 18.2 Å². The Balaban J connectivity index is 2.48. The maximum atomic E-state index is 11.4. The van der Waals surface area contributed by atoms with Gasteiger partial charge in [0, 0.05) is 18.8 Å². The van der Waals surface area contributed by atoms with Gasteiger partial charge in [0.15, 0.2) is 5.78 Å². The van der Waals surface area contributed by atoms with Gasteiger partial charge in [-0.2, -0.15) is 0 Å². The van der Waals surface area contributed by atoms with Crippen molar-refractivity contribution < 1.29 is 9.59 Å². The van der Waals surface area contributed by atoms with E-state index in [1.165, 1.54) is 6.92 Å². The molecular formula is C11H14N2O2. The fourth-order valence-corrected chi connectivity index (χ4v) is 1.18. The van der Waals surface area contributed by atoms with Crippen LogP contribution >= 0.6 is 0 Å². The van der Waals surface area contributed by atoms with Gasteiger partial charge >= 0.3 is 0 Å². The second kappa shape index (κ2) is 5.24. The van der Waals surface area contributed by atoms with E-state index in [0.717, 1.165) is 11.3 Å². The summed E-state index contributed by atoms with van der Waals surface area (Å²) in [4.78, 5) is 26.0. The van der Waals surface area contributed by atoms with Crippen molar-refractivity contribution in [2.24, 2.45) is 0 Å². The van der Waals surface area contributed by atoms with Crippen molar-refractivity contribution in [3.8, 4) is 0 Å². The molecule has 0 aromatic carbocycles. The van der Waals surface area contributed by atoms with Crippen LogP contribution in [0, 0.1) is 6.92 Å². The van der Waals surface area contributed by atoms with Crippen LogP contribution in [0.25, 0.3) is 0 Å². The average Bonchev–Trinajstić information content (AvgIpc) is 2.15. The van der Waals surface area contributed by atoms with Crippen molar-refractivity contribution in [2.75, 3.05) is 6.54 Å². The molecule has 0 spiro atoms. The van der Waals surface area contributed by atoms with Gasteiger partial charge in [-0.05, 0) is 24.6 Å². The SMILES string of the molecule is CC(=O)NCC(=O)Cc1cc(C)ccn1. The largest absolute Gasteiger partial charge is 0.349 e. The highest BCUT2D eigenvalue weighted by atomic mass is 16.2. The van der Waals surface area contributed by atoms with E-state index in [2.05, 4.69) is 10.3 Å². The first kappa shape index (κ1) is 11.4.